The van der Waals surface area contributed by atoms with Crippen molar-refractivity contribution >= 4 is 5.91 Å². The van der Waals surface area contributed by atoms with Crippen molar-refractivity contribution in [3.8, 4) is 0 Å². The minimum Gasteiger partial charge on any atom is -0.342 e. The Morgan fingerprint density at radius 2 is 2.17 bits per heavy atom. The Morgan fingerprint density at radius 1 is 1.44 bits per heavy atom. The van der Waals surface area contributed by atoms with Crippen LogP contribution in [0.25, 0.3) is 0 Å². The molecular formula is C14H19N3O. The molecule has 1 amide bonds. The Morgan fingerprint density at radius 3 is 2.78 bits per heavy atom. The molecule has 0 saturated carbocycles. The SMILES string of the molecule is CC(C(=O)N1C[C@H]2CNC[C@H]2C1)c1cccnc1. The van der Waals surface area contributed by atoms with Crippen LogP contribution < -0.4 is 5.32 Å². The molecule has 4 nitrogen and oxygen atoms in total. The first-order valence-electron chi connectivity index (χ1n) is 6.65. The minimum absolute atomic E-state index is 0.0783. The molecule has 0 aliphatic carbocycles. The molecule has 3 rings (SSSR count). The van der Waals surface area contributed by atoms with Gasteiger partial charge in [-0.15, -0.1) is 0 Å². The van der Waals surface area contributed by atoms with Crippen molar-refractivity contribution in [1.82, 2.24) is 15.2 Å². The normalized spacial score (nSPS) is 28.2. The van der Waals surface area contributed by atoms with Crippen LogP contribution in [0.5, 0.6) is 0 Å². The summed E-state index contributed by atoms with van der Waals surface area (Å²) < 4.78 is 0. The van der Waals surface area contributed by atoms with E-state index in [2.05, 4.69) is 10.3 Å². The first-order valence-corrected chi connectivity index (χ1v) is 6.65. The van der Waals surface area contributed by atoms with Gasteiger partial charge in [0.25, 0.3) is 0 Å². The molecule has 1 unspecified atom stereocenters. The van der Waals surface area contributed by atoms with Gasteiger partial charge in [-0.05, 0) is 30.4 Å². The smallest absolute Gasteiger partial charge is 0.229 e. The van der Waals surface area contributed by atoms with Gasteiger partial charge in [0.15, 0.2) is 0 Å². The number of likely N-dealkylation sites (tertiary alicyclic amines) is 1. The van der Waals surface area contributed by atoms with Crippen LogP contribution in [0.15, 0.2) is 24.5 Å². The summed E-state index contributed by atoms with van der Waals surface area (Å²) in [5.41, 5.74) is 1.01. The van der Waals surface area contributed by atoms with E-state index in [1.807, 2.05) is 24.0 Å². The molecule has 3 atom stereocenters. The zero-order chi connectivity index (χ0) is 12.5. The van der Waals surface area contributed by atoms with Crippen molar-refractivity contribution in [2.75, 3.05) is 26.2 Å². The maximum Gasteiger partial charge on any atom is 0.229 e. The summed E-state index contributed by atoms with van der Waals surface area (Å²) in [4.78, 5) is 18.6. The quantitative estimate of drug-likeness (QED) is 0.840. The maximum atomic E-state index is 12.5. The standard InChI is InChI=1S/C14H19N3O/c1-10(11-3-2-4-15-5-11)14(18)17-8-12-6-16-7-13(12)9-17/h2-5,10,12-13,16H,6-9H2,1H3/t10?,12-,13+. The molecule has 2 aliphatic rings. The molecule has 18 heavy (non-hydrogen) atoms. The van der Waals surface area contributed by atoms with Gasteiger partial charge in [-0.3, -0.25) is 9.78 Å². The lowest BCUT2D eigenvalue weighted by atomic mass is 10.0. The van der Waals surface area contributed by atoms with E-state index in [1.54, 1.807) is 12.4 Å². The lowest BCUT2D eigenvalue weighted by Crippen LogP contribution is -2.34. The molecule has 0 spiro atoms. The van der Waals surface area contributed by atoms with Gasteiger partial charge in [0, 0.05) is 38.6 Å². The predicted molar refractivity (Wildman–Crippen MR) is 69.1 cm³/mol. The lowest BCUT2D eigenvalue weighted by molar-refractivity contribution is -0.131. The summed E-state index contributed by atoms with van der Waals surface area (Å²) in [7, 11) is 0. The second-order valence-corrected chi connectivity index (χ2v) is 5.43. The average Bonchev–Trinajstić information content (AvgIpc) is 2.99. The molecule has 2 aliphatic heterocycles. The summed E-state index contributed by atoms with van der Waals surface area (Å²) in [5, 5.41) is 3.40. The number of rotatable bonds is 2. The number of aromatic nitrogens is 1. The molecule has 0 radical (unpaired) electrons. The van der Waals surface area contributed by atoms with Crippen molar-refractivity contribution < 1.29 is 4.79 Å². The second kappa shape index (κ2) is 4.69. The summed E-state index contributed by atoms with van der Waals surface area (Å²) >= 11 is 0. The summed E-state index contributed by atoms with van der Waals surface area (Å²) in [6.45, 7) is 5.94. The molecule has 1 aromatic rings. The highest BCUT2D eigenvalue weighted by Gasteiger charge is 2.39. The Kier molecular flexibility index (Phi) is 3.04. The van der Waals surface area contributed by atoms with Crippen molar-refractivity contribution in [3.63, 3.8) is 0 Å². The zero-order valence-corrected chi connectivity index (χ0v) is 10.7. The Balaban J connectivity index is 1.68. The number of fused-ring (bicyclic) bond motifs is 1. The van der Waals surface area contributed by atoms with Gasteiger partial charge in [0.1, 0.15) is 0 Å². The molecule has 3 heterocycles. The van der Waals surface area contributed by atoms with Gasteiger partial charge in [-0.2, -0.15) is 0 Å². The molecule has 4 heteroatoms. The average molecular weight is 245 g/mol. The van der Waals surface area contributed by atoms with E-state index in [9.17, 15) is 4.79 Å². The highest BCUT2D eigenvalue weighted by Crippen LogP contribution is 2.29. The summed E-state index contributed by atoms with van der Waals surface area (Å²) in [6, 6.07) is 3.87. The van der Waals surface area contributed by atoms with Gasteiger partial charge in [0.2, 0.25) is 5.91 Å². The van der Waals surface area contributed by atoms with Crippen molar-refractivity contribution in [1.29, 1.82) is 0 Å². The van der Waals surface area contributed by atoms with E-state index < -0.39 is 0 Å². The van der Waals surface area contributed by atoms with Crippen molar-refractivity contribution in [3.05, 3.63) is 30.1 Å². The van der Waals surface area contributed by atoms with Crippen molar-refractivity contribution in [2.24, 2.45) is 11.8 Å². The summed E-state index contributed by atoms with van der Waals surface area (Å²) in [5.74, 6) is 1.49. The summed E-state index contributed by atoms with van der Waals surface area (Å²) in [6.07, 6.45) is 3.54. The zero-order valence-electron chi connectivity index (χ0n) is 10.7. The van der Waals surface area contributed by atoms with Gasteiger partial charge < -0.3 is 10.2 Å². The number of carbonyl (C=O) groups is 1. The van der Waals surface area contributed by atoms with Gasteiger partial charge in [-0.25, -0.2) is 0 Å². The van der Waals surface area contributed by atoms with E-state index in [-0.39, 0.29) is 11.8 Å². The van der Waals surface area contributed by atoms with Crippen LogP contribution in [0, 0.1) is 11.8 Å². The second-order valence-electron chi connectivity index (χ2n) is 5.43. The monoisotopic (exact) mass is 245 g/mol. The van der Waals surface area contributed by atoms with Crippen molar-refractivity contribution in [2.45, 2.75) is 12.8 Å². The Hall–Kier alpha value is -1.42. The third kappa shape index (κ3) is 2.01. The number of amides is 1. The first-order chi connectivity index (χ1) is 8.75. The molecule has 0 aromatic carbocycles. The number of pyridine rings is 1. The van der Waals surface area contributed by atoms with Gasteiger partial charge in [-0.1, -0.05) is 6.07 Å². The number of nitrogens with zero attached hydrogens (tertiary/aromatic N) is 2. The van der Waals surface area contributed by atoms with Crippen LogP contribution in [-0.2, 0) is 4.79 Å². The largest absolute Gasteiger partial charge is 0.342 e. The Labute approximate surface area is 107 Å². The number of hydrogen-bond acceptors (Lipinski definition) is 3. The fraction of sp³-hybridized carbons (Fsp3) is 0.571. The van der Waals surface area contributed by atoms with Crippen LogP contribution in [0.3, 0.4) is 0 Å². The number of hydrogen-bond donors (Lipinski definition) is 1. The molecular weight excluding hydrogens is 226 g/mol. The highest BCUT2D eigenvalue weighted by atomic mass is 16.2. The third-order valence-electron chi connectivity index (χ3n) is 4.26. The first kappa shape index (κ1) is 11.7. The molecule has 0 bridgehead atoms. The van der Waals surface area contributed by atoms with E-state index >= 15 is 0 Å². The van der Waals surface area contributed by atoms with Crippen LogP contribution in [-0.4, -0.2) is 42.0 Å². The van der Waals surface area contributed by atoms with Crippen LogP contribution in [0.1, 0.15) is 18.4 Å². The highest BCUT2D eigenvalue weighted by molar-refractivity contribution is 5.83. The van der Waals surface area contributed by atoms with Crippen LogP contribution in [0.4, 0.5) is 0 Å². The van der Waals surface area contributed by atoms with Crippen LogP contribution >= 0.6 is 0 Å². The van der Waals surface area contributed by atoms with Crippen LogP contribution in [0.2, 0.25) is 0 Å². The van der Waals surface area contributed by atoms with E-state index in [0.29, 0.717) is 11.8 Å². The van der Waals surface area contributed by atoms with Gasteiger partial charge in [0.05, 0.1) is 5.92 Å². The molecule has 1 aromatic heterocycles. The van der Waals surface area contributed by atoms with E-state index in [1.165, 1.54) is 0 Å². The minimum atomic E-state index is -0.0783. The third-order valence-corrected chi connectivity index (χ3v) is 4.26. The lowest BCUT2D eigenvalue weighted by Gasteiger charge is -2.21. The van der Waals surface area contributed by atoms with E-state index in [0.717, 1.165) is 31.7 Å². The topological polar surface area (TPSA) is 45.2 Å². The molecule has 1 N–H and O–H groups in total. The maximum absolute atomic E-state index is 12.5. The molecule has 2 fully saturated rings. The fourth-order valence-electron chi connectivity index (χ4n) is 3.08. The number of nitrogens with one attached hydrogen (secondary N) is 1. The number of carbonyl (C=O) groups excluding carboxylic acids is 1. The molecule has 96 valence electrons. The molecule has 2 saturated heterocycles. The van der Waals surface area contributed by atoms with Gasteiger partial charge >= 0.3 is 0 Å². The fourth-order valence-corrected chi connectivity index (χ4v) is 3.08. The Bertz CT molecular complexity index is 422. The predicted octanol–water partition coefficient (Wildman–Crippen LogP) is 0.863. The van der Waals surface area contributed by atoms with E-state index in [4.69, 9.17) is 0 Å².